The van der Waals surface area contributed by atoms with Crippen molar-refractivity contribution in [3.05, 3.63) is 24.0 Å². The molecule has 0 amide bonds. The second-order valence-corrected chi connectivity index (χ2v) is 6.58. The number of hydrogen-bond donors (Lipinski definition) is 1. The molecule has 0 unspecified atom stereocenters. The predicted molar refractivity (Wildman–Crippen MR) is 61.1 cm³/mol. The molecule has 1 aromatic heterocycles. The number of benzene rings is 1. The molecule has 1 fully saturated rings. The van der Waals surface area contributed by atoms with Crippen LogP contribution in [-0.2, 0) is 9.05 Å². The van der Waals surface area contributed by atoms with E-state index in [4.69, 9.17) is 10.7 Å². The van der Waals surface area contributed by atoms with E-state index in [0.717, 1.165) is 29.7 Å². The molecule has 1 aliphatic rings. The van der Waals surface area contributed by atoms with Crippen LogP contribution in [0.2, 0.25) is 0 Å². The molecule has 1 aliphatic carbocycles. The van der Waals surface area contributed by atoms with E-state index in [9.17, 15) is 8.42 Å². The SMILES string of the molecule is O=S(=O)(Cl)c1ccc2nc(C3CC3)[nH]c2c1. The number of nitrogens with one attached hydrogen (secondary N) is 1. The van der Waals surface area contributed by atoms with Crippen molar-refractivity contribution < 1.29 is 8.42 Å². The molecule has 0 aliphatic heterocycles. The van der Waals surface area contributed by atoms with Crippen molar-refractivity contribution in [1.82, 2.24) is 9.97 Å². The maximum absolute atomic E-state index is 11.2. The van der Waals surface area contributed by atoms with E-state index in [-0.39, 0.29) is 4.90 Å². The number of fused-ring (bicyclic) bond motifs is 1. The highest BCUT2D eigenvalue weighted by molar-refractivity contribution is 8.13. The Balaban J connectivity index is 2.17. The van der Waals surface area contributed by atoms with Gasteiger partial charge in [0.15, 0.2) is 0 Å². The molecule has 6 heteroatoms. The van der Waals surface area contributed by atoms with E-state index in [0.29, 0.717) is 5.92 Å². The topological polar surface area (TPSA) is 62.8 Å². The van der Waals surface area contributed by atoms with E-state index in [1.807, 2.05) is 0 Å². The lowest BCUT2D eigenvalue weighted by atomic mass is 10.3. The summed E-state index contributed by atoms with van der Waals surface area (Å²) in [5.41, 5.74) is 1.51. The highest BCUT2D eigenvalue weighted by atomic mass is 35.7. The van der Waals surface area contributed by atoms with E-state index in [2.05, 4.69) is 9.97 Å². The third-order valence-electron chi connectivity index (χ3n) is 2.72. The summed E-state index contributed by atoms with van der Waals surface area (Å²) in [5.74, 6) is 1.46. The minimum absolute atomic E-state index is 0.104. The number of hydrogen-bond acceptors (Lipinski definition) is 3. The Morgan fingerprint density at radius 2 is 2.12 bits per heavy atom. The van der Waals surface area contributed by atoms with Gasteiger partial charge in [0, 0.05) is 16.6 Å². The molecule has 1 N–H and O–H groups in total. The highest BCUT2D eigenvalue weighted by Crippen LogP contribution is 2.39. The van der Waals surface area contributed by atoms with Gasteiger partial charge >= 0.3 is 0 Å². The van der Waals surface area contributed by atoms with E-state index in [1.165, 1.54) is 12.1 Å². The lowest BCUT2D eigenvalue weighted by Crippen LogP contribution is -1.89. The Morgan fingerprint density at radius 3 is 2.75 bits per heavy atom. The molecular weight excluding hydrogens is 248 g/mol. The van der Waals surface area contributed by atoms with Crippen LogP contribution in [0.3, 0.4) is 0 Å². The molecule has 3 rings (SSSR count). The van der Waals surface area contributed by atoms with Gasteiger partial charge in [-0.2, -0.15) is 0 Å². The first-order chi connectivity index (χ1) is 7.54. The van der Waals surface area contributed by atoms with Crippen molar-refractivity contribution in [2.24, 2.45) is 0 Å². The van der Waals surface area contributed by atoms with E-state index in [1.54, 1.807) is 6.07 Å². The highest BCUT2D eigenvalue weighted by Gasteiger charge is 2.26. The van der Waals surface area contributed by atoms with Crippen molar-refractivity contribution in [1.29, 1.82) is 0 Å². The van der Waals surface area contributed by atoms with Crippen LogP contribution in [0, 0.1) is 0 Å². The lowest BCUT2D eigenvalue weighted by molar-refractivity contribution is 0.609. The van der Waals surface area contributed by atoms with Crippen LogP contribution >= 0.6 is 10.7 Å². The molecule has 0 radical (unpaired) electrons. The van der Waals surface area contributed by atoms with Gasteiger partial charge in [-0.25, -0.2) is 13.4 Å². The van der Waals surface area contributed by atoms with Gasteiger partial charge in [0.2, 0.25) is 0 Å². The van der Waals surface area contributed by atoms with Crippen molar-refractivity contribution in [3.8, 4) is 0 Å². The summed E-state index contributed by atoms with van der Waals surface area (Å²) in [4.78, 5) is 7.64. The van der Waals surface area contributed by atoms with Crippen molar-refractivity contribution in [3.63, 3.8) is 0 Å². The van der Waals surface area contributed by atoms with Crippen LogP contribution in [0.15, 0.2) is 23.1 Å². The summed E-state index contributed by atoms with van der Waals surface area (Å²) in [6.45, 7) is 0. The molecule has 1 aromatic carbocycles. The van der Waals surface area contributed by atoms with Crippen LogP contribution in [0.1, 0.15) is 24.6 Å². The Labute approximate surface area is 97.1 Å². The zero-order chi connectivity index (χ0) is 11.3. The number of rotatable bonds is 2. The lowest BCUT2D eigenvalue weighted by Gasteiger charge is -1.94. The molecule has 0 bridgehead atoms. The van der Waals surface area contributed by atoms with Gasteiger partial charge in [0.05, 0.1) is 15.9 Å². The maximum atomic E-state index is 11.2. The zero-order valence-corrected chi connectivity index (χ0v) is 9.85. The molecule has 0 spiro atoms. The maximum Gasteiger partial charge on any atom is 0.261 e. The van der Waals surface area contributed by atoms with Gasteiger partial charge in [-0.15, -0.1) is 0 Å². The van der Waals surface area contributed by atoms with Crippen molar-refractivity contribution in [2.45, 2.75) is 23.7 Å². The number of H-pyrrole nitrogens is 1. The van der Waals surface area contributed by atoms with Crippen LogP contribution in [0.4, 0.5) is 0 Å². The molecule has 16 heavy (non-hydrogen) atoms. The van der Waals surface area contributed by atoms with Gasteiger partial charge in [-0.3, -0.25) is 0 Å². The third kappa shape index (κ3) is 1.70. The molecule has 84 valence electrons. The van der Waals surface area contributed by atoms with Gasteiger partial charge in [-0.05, 0) is 31.0 Å². The van der Waals surface area contributed by atoms with Crippen molar-refractivity contribution in [2.75, 3.05) is 0 Å². The number of aromatic nitrogens is 2. The summed E-state index contributed by atoms with van der Waals surface area (Å²) in [5, 5.41) is 0. The molecular formula is C10H9ClN2O2S. The van der Waals surface area contributed by atoms with Crippen LogP contribution < -0.4 is 0 Å². The van der Waals surface area contributed by atoms with Crippen molar-refractivity contribution >= 4 is 30.8 Å². The zero-order valence-electron chi connectivity index (χ0n) is 8.27. The van der Waals surface area contributed by atoms with E-state index >= 15 is 0 Å². The fourth-order valence-corrected chi connectivity index (χ4v) is 2.49. The summed E-state index contributed by atoms with van der Waals surface area (Å²) in [6, 6.07) is 4.67. The quantitative estimate of drug-likeness (QED) is 0.839. The van der Waals surface area contributed by atoms with Gasteiger partial charge in [0.25, 0.3) is 9.05 Å². The van der Waals surface area contributed by atoms with Gasteiger partial charge in [-0.1, -0.05) is 0 Å². The fourth-order valence-electron chi connectivity index (χ4n) is 1.71. The van der Waals surface area contributed by atoms with Gasteiger partial charge in [0.1, 0.15) is 5.82 Å². The summed E-state index contributed by atoms with van der Waals surface area (Å²) in [6.07, 6.45) is 2.31. The number of nitrogens with zero attached hydrogens (tertiary/aromatic N) is 1. The summed E-state index contributed by atoms with van der Waals surface area (Å²) >= 11 is 0. The Hall–Kier alpha value is -1.07. The molecule has 4 nitrogen and oxygen atoms in total. The minimum atomic E-state index is -3.67. The summed E-state index contributed by atoms with van der Waals surface area (Å²) in [7, 11) is 1.61. The first-order valence-corrected chi connectivity index (χ1v) is 7.29. The molecule has 1 heterocycles. The average Bonchev–Trinajstić information content (AvgIpc) is 2.96. The first kappa shape index (κ1) is 10.1. The summed E-state index contributed by atoms with van der Waals surface area (Å²) < 4.78 is 22.3. The minimum Gasteiger partial charge on any atom is -0.342 e. The normalized spacial score (nSPS) is 16.8. The second-order valence-electron chi connectivity index (χ2n) is 4.01. The number of halogens is 1. The Bertz CT molecular complexity index is 659. The number of aromatic amines is 1. The van der Waals surface area contributed by atoms with Crippen LogP contribution in [-0.4, -0.2) is 18.4 Å². The first-order valence-electron chi connectivity index (χ1n) is 4.98. The van der Waals surface area contributed by atoms with Gasteiger partial charge < -0.3 is 4.98 Å². The Morgan fingerprint density at radius 1 is 1.38 bits per heavy atom. The molecule has 2 aromatic rings. The largest absolute Gasteiger partial charge is 0.342 e. The molecule has 0 atom stereocenters. The Kier molecular flexibility index (Phi) is 2.03. The average molecular weight is 257 g/mol. The monoisotopic (exact) mass is 256 g/mol. The van der Waals surface area contributed by atoms with Crippen LogP contribution in [0.5, 0.6) is 0 Å². The third-order valence-corrected chi connectivity index (χ3v) is 4.07. The van der Waals surface area contributed by atoms with Crippen LogP contribution in [0.25, 0.3) is 11.0 Å². The number of imidazole rings is 1. The molecule has 1 saturated carbocycles. The second kappa shape index (κ2) is 3.21. The molecule has 0 saturated heterocycles. The predicted octanol–water partition coefficient (Wildman–Crippen LogP) is 2.37. The van der Waals surface area contributed by atoms with E-state index < -0.39 is 9.05 Å². The smallest absolute Gasteiger partial charge is 0.261 e. The fraction of sp³-hybridized carbons (Fsp3) is 0.300. The standard InChI is InChI=1S/C10H9ClN2O2S/c11-16(14,15)7-3-4-8-9(5-7)13-10(12-8)6-1-2-6/h3-6H,1-2H2,(H,12,13).